The van der Waals surface area contributed by atoms with Crippen LogP contribution in [0.3, 0.4) is 0 Å². The fourth-order valence-corrected chi connectivity index (χ4v) is 6.94. The Morgan fingerprint density at radius 3 is 1.77 bits per heavy atom. The Morgan fingerprint density at radius 2 is 1.23 bits per heavy atom. The molecule has 3 saturated carbocycles. The first-order chi connectivity index (χ1) is 15.2. The summed E-state index contributed by atoms with van der Waals surface area (Å²) >= 11 is 0. The van der Waals surface area contributed by atoms with Crippen LogP contribution in [0.1, 0.15) is 115 Å². The average molecular weight is 425 g/mol. The van der Waals surface area contributed by atoms with Crippen molar-refractivity contribution in [2.45, 2.75) is 109 Å². The van der Waals surface area contributed by atoms with Crippen LogP contribution in [0, 0.1) is 35.4 Å². The molecule has 3 fully saturated rings. The van der Waals surface area contributed by atoms with E-state index in [1.807, 2.05) is 12.1 Å². The van der Waals surface area contributed by atoms with Gasteiger partial charge >= 0.3 is 0 Å². The molecule has 1 heteroatoms. The summed E-state index contributed by atoms with van der Waals surface area (Å²) in [4.78, 5) is 0. The monoisotopic (exact) mass is 424 g/mol. The SMILES string of the molecule is CCCC[C@H]1CC[C@H]([C@H]2CC[C@H](C=C[C@H]3CC[C@H](c4ccc(F)cc4)CC3)CC2)CC1. The number of benzene rings is 1. The normalized spacial score (nSPS) is 34.8. The van der Waals surface area contributed by atoms with Crippen molar-refractivity contribution in [3.8, 4) is 0 Å². The van der Waals surface area contributed by atoms with E-state index in [0.29, 0.717) is 5.92 Å². The van der Waals surface area contributed by atoms with E-state index in [0.717, 1.165) is 29.6 Å². The van der Waals surface area contributed by atoms with Gasteiger partial charge in [0.2, 0.25) is 0 Å². The van der Waals surface area contributed by atoms with Crippen molar-refractivity contribution in [3.63, 3.8) is 0 Å². The van der Waals surface area contributed by atoms with Crippen LogP contribution in [0.15, 0.2) is 36.4 Å². The molecule has 0 amide bonds. The summed E-state index contributed by atoms with van der Waals surface area (Å²) in [5.41, 5.74) is 1.33. The molecule has 3 aliphatic carbocycles. The van der Waals surface area contributed by atoms with Crippen molar-refractivity contribution >= 4 is 0 Å². The van der Waals surface area contributed by atoms with Crippen LogP contribution in [0.5, 0.6) is 0 Å². The van der Waals surface area contributed by atoms with E-state index in [9.17, 15) is 4.39 Å². The third-order valence-electron chi connectivity index (χ3n) is 9.11. The smallest absolute Gasteiger partial charge is 0.123 e. The fraction of sp³-hybridized carbons (Fsp3) is 0.733. The maximum Gasteiger partial charge on any atom is 0.123 e. The van der Waals surface area contributed by atoms with Gasteiger partial charge in [-0.15, -0.1) is 0 Å². The molecule has 0 bridgehead atoms. The molecule has 4 rings (SSSR count). The molecule has 0 nitrogen and oxygen atoms in total. The van der Waals surface area contributed by atoms with E-state index in [2.05, 4.69) is 19.1 Å². The molecule has 0 spiro atoms. The van der Waals surface area contributed by atoms with Gasteiger partial charge in [0, 0.05) is 0 Å². The van der Waals surface area contributed by atoms with Gasteiger partial charge in [0.05, 0.1) is 0 Å². The minimum Gasteiger partial charge on any atom is -0.207 e. The molecular formula is C30H45F. The number of rotatable bonds is 7. The number of halogens is 1. The van der Waals surface area contributed by atoms with E-state index in [-0.39, 0.29) is 5.82 Å². The highest BCUT2D eigenvalue weighted by atomic mass is 19.1. The van der Waals surface area contributed by atoms with Crippen LogP contribution in [0.25, 0.3) is 0 Å². The van der Waals surface area contributed by atoms with Crippen LogP contribution in [0.2, 0.25) is 0 Å². The lowest BCUT2D eigenvalue weighted by Crippen LogP contribution is -2.25. The predicted octanol–water partition coefficient (Wildman–Crippen LogP) is 9.46. The molecule has 0 aromatic heterocycles. The maximum absolute atomic E-state index is 13.2. The highest BCUT2D eigenvalue weighted by molar-refractivity contribution is 5.21. The van der Waals surface area contributed by atoms with Crippen LogP contribution >= 0.6 is 0 Å². The molecule has 0 heterocycles. The summed E-state index contributed by atoms with van der Waals surface area (Å²) in [5, 5.41) is 0. The third-order valence-corrected chi connectivity index (χ3v) is 9.11. The Balaban J connectivity index is 1.14. The second kappa shape index (κ2) is 11.7. The van der Waals surface area contributed by atoms with Gasteiger partial charge in [0.25, 0.3) is 0 Å². The third kappa shape index (κ3) is 6.69. The summed E-state index contributed by atoms with van der Waals surface area (Å²) in [6.07, 6.45) is 26.5. The summed E-state index contributed by atoms with van der Waals surface area (Å²) in [5.74, 6) is 5.26. The Kier molecular flexibility index (Phi) is 8.68. The Morgan fingerprint density at radius 1 is 0.710 bits per heavy atom. The van der Waals surface area contributed by atoms with Crippen molar-refractivity contribution in [3.05, 3.63) is 47.8 Å². The minimum absolute atomic E-state index is 0.116. The summed E-state index contributed by atoms with van der Waals surface area (Å²) < 4.78 is 13.2. The van der Waals surface area contributed by atoms with Crippen LogP contribution in [0.4, 0.5) is 4.39 Å². The zero-order chi connectivity index (χ0) is 21.5. The zero-order valence-corrected chi connectivity index (χ0v) is 19.9. The van der Waals surface area contributed by atoms with E-state index >= 15 is 0 Å². The van der Waals surface area contributed by atoms with Crippen molar-refractivity contribution in [2.75, 3.05) is 0 Å². The molecule has 0 atom stereocenters. The minimum atomic E-state index is -0.116. The molecule has 0 saturated heterocycles. The molecule has 0 unspecified atom stereocenters. The Labute approximate surface area is 191 Å². The number of unbranched alkanes of at least 4 members (excludes halogenated alkanes) is 1. The van der Waals surface area contributed by atoms with E-state index in [1.54, 1.807) is 12.1 Å². The molecule has 0 N–H and O–H groups in total. The highest BCUT2D eigenvalue weighted by Crippen LogP contribution is 2.43. The van der Waals surface area contributed by atoms with Gasteiger partial charge in [-0.25, -0.2) is 4.39 Å². The zero-order valence-electron chi connectivity index (χ0n) is 19.9. The van der Waals surface area contributed by atoms with Crippen molar-refractivity contribution in [2.24, 2.45) is 29.6 Å². The van der Waals surface area contributed by atoms with Crippen molar-refractivity contribution < 1.29 is 4.39 Å². The lowest BCUT2D eigenvalue weighted by atomic mass is 9.68. The molecular weight excluding hydrogens is 379 g/mol. The number of hydrogen-bond donors (Lipinski definition) is 0. The Hall–Kier alpha value is -1.11. The Bertz CT molecular complexity index is 650. The number of allylic oxidation sites excluding steroid dienone is 2. The van der Waals surface area contributed by atoms with Crippen LogP contribution in [-0.2, 0) is 0 Å². The van der Waals surface area contributed by atoms with Gasteiger partial charge in [-0.1, -0.05) is 63.3 Å². The second-order valence-electron chi connectivity index (χ2n) is 11.1. The van der Waals surface area contributed by atoms with Gasteiger partial charge in [-0.3, -0.25) is 0 Å². The molecule has 3 aliphatic rings. The van der Waals surface area contributed by atoms with Crippen LogP contribution in [-0.4, -0.2) is 0 Å². The second-order valence-corrected chi connectivity index (χ2v) is 11.1. The summed E-state index contributed by atoms with van der Waals surface area (Å²) in [6, 6.07) is 7.23. The van der Waals surface area contributed by atoms with E-state index < -0.39 is 0 Å². The largest absolute Gasteiger partial charge is 0.207 e. The van der Waals surface area contributed by atoms with Crippen LogP contribution < -0.4 is 0 Å². The molecule has 0 radical (unpaired) electrons. The van der Waals surface area contributed by atoms with E-state index in [4.69, 9.17) is 0 Å². The van der Waals surface area contributed by atoms with Gasteiger partial charge in [-0.05, 0) is 117 Å². The summed E-state index contributed by atoms with van der Waals surface area (Å²) in [6.45, 7) is 2.33. The molecule has 1 aromatic rings. The molecule has 0 aliphatic heterocycles. The van der Waals surface area contributed by atoms with Gasteiger partial charge < -0.3 is 0 Å². The lowest BCUT2D eigenvalue weighted by Gasteiger charge is -2.37. The first kappa shape index (κ1) is 23.1. The maximum atomic E-state index is 13.2. The molecule has 172 valence electrons. The predicted molar refractivity (Wildman–Crippen MR) is 131 cm³/mol. The lowest BCUT2D eigenvalue weighted by molar-refractivity contribution is 0.151. The fourth-order valence-electron chi connectivity index (χ4n) is 6.94. The molecule has 1 aromatic carbocycles. The summed E-state index contributed by atoms with van der Waals surface area (Å²) in [7, 11) is 0. The molecule has 31 heavy (non-hydrogen) atoms. The van der Waals surface area contributed by atoms with Crippen molar-refractivity contribution in [1.82, 2.24) is 0 Å². The van der Waals surface area contributed by atoms with Gasteiger partial charge in [0.15, 0.2) is 0 Å². The average Bonchev–Trinajstić information content (AvgIpc) is 2.83. The first-order valence-corrected chi connectivity index (χ1v) is 13.6. The topological polar surface area (TPSA) is 0 Å². The first-order valence-electron chi connectivity index (χ1n) is 13.6. The van der Waals surface area contributed by atoms with Gasteiger partial charge in [-0.2, -0.15) is 0 Å². The van der Waals surface area contributed by atoms with Gasteiger partial charge in [0.1, 0.15) is 5.82 Å². The number of hydrogen-bond acceptors (Lipinski definition) is 0. The van der Waals surface area contributed by atoms with E-state index in [1.165, 1.54) is 102 Å². The standard InChI is InChI=1S/C30H45F/c1-2-3-4-23-7-13-26(14-8-23)27-15-9-24(10-16-27)5-6-25-11-17-28(18-12-25)29-19-21-30(31)22-20-29/h5-6,19-28H,2-4,7-18H2,1H3/t23-,24-,25-,26-,27-,28-. The quantitative estimate of drug-likeness (QED) is 0.382. The van der Waals surface area contributed by atoms with Crippen molar-refractivity contribution in [1.29, 1.82) is 0 Å². The highest BCUT2D eigenvalue weighted by Gasteiger charge is 2.30.